The van der Waals surface area contributed by atoms with Crippen LogP contribution in [-0.2, 0) is 6.42 Å². The van der Waals surface area contributed by atoms with E-state index in [1.807, 2.05) is 24.3 Å². The van der Waals surface area contributed by atoms with Gasteiger partial charge in [0.2, 0.25) is 0 Å². The third-order valence-electron chi connectivity index (χ3n) is 4.66. The zero-order valence-electron chi connectivity index (χ0n) is 16.4. The molecule has 146 valence electrons. The molecule has 3 aromatic rings. The fourth-order valence-electron chi connectivity index (χ4n) is 3.21. The van der Waals surface area contributed by atoms with Gasteiger partial charge in [-0.05, 0) is 68.1 Å². The molecular formula is C23H24O5. The SMILES string of the molecule is COc1ccc(CC(CC(=O)c2ccc(C)o2)CC(=O)c2ccc(C)o2)cc1. The van der Waals surface area contributed by atoms with Gasteiger partial charge >= 0.3 is 0 Å². The molecule has 0 N–H and O–H groups in total. The Balaban J connectivity index is 1.75. The first kappa shape index (κ1) is 19.7. The molecule has 0 aliphatic heterocycles. The monoisotopic (exact) mass is 380 g/mol. The highest BCUT2D eigenvalue weighted by Crippen LogP contribution is 2.24. The summed E-state index contributed by atoms with van der Waals surface area (Å²) in [7, 11) is 1.62. The average Bonchev–Trinajstić information content (AvgIpc) is 3.30. The van der Waals surface area contributed by atoms with Crippen molar-refractivity contribution in [3.8, 4) is 5.75 Å². The van der Waals surface area contributed by atoms with Crippen LogP contribution in [0.5, 0.6) is 5.75 Å². The molecule has 0 bridgehead atoms. The Bertz CT molecular complexity index is 891. The number of methoxy groups -OCH3 is 1. The van der Waals surface area contributed by atoms with E-state index < -0.39 is 0 Å². The van der Waals surface area contributed by atoms with Gasteiger partial charge in [-0.25, -0.2) is 0 Å². The highest BCUT2D eigenvalue weighted by molar-refractivity contribution is 5.96. The molecule has 3 rings (SSSR count). The summed E-state index contributed by atoms with van der Waals surface area (Å²) in [6.45, 7) is 3.60. The lowest BCUT2D eigenvalue weighted by molar-refractivity contribution is 0.0890. The van der Waals surface area contributed by atoms with Gasteiger partial charge < -0.3 is 13.6 Å². The molecule has 0 saturated heterocycles. The van der Waals surface area contributed by atoms with E-state index in [4.69, 9.17) is 13.6 Å². The number of benzene rings is 1. The number of rotatable bonds is 9. The van der Waals surface area contributed by atoms with Crippen LogP contribution in [0.4, 0.5) is 0 Å². The summed E-state index contributed by atoms with van der Waals surface area (Å²) in [5.41, 5.74) is 1.04. The fourth-order valence-corrected chi connectivity index (χ4v) is 3.21. The van der Waals surface area contributed by atoms with Gasteiger partial charge in [0.05, 0.1) is 7.11 Å². The Morgan fingerprint density at radius 3 is 1.71 bits per heavy atom. The third kappa shape index (κ3) is 5.00. The minimum Gasteiger partial charge on any atom is -0.497 e. The highest BCUT2D eigenvalue weighted by atomic mass is 16.5. The van der Waals surface area contributed by atoms with Crippen molar-refractivity contribution in [2.75, 3.05) is 7.11 Å². The number of hydrogen-bond donors (Lipinski definition) is 0. The molecule has 0 aliphatic rings. The zero-order chi connectivity index (χ0) is 20.1. The topological polar surface area (TPSA) is 69.7 Å². The quantitative estimate of drug-likeness (QED) is 0.477. The number of ketones is 2. The maximum absolute atomic E-state index is 12.6. The molecule has 5 heteroatoms. The Kier molecular flexibility index (Phi) is 6.14. The van der Waals surface area contributed by atoms with E-state index in [1.54, 1.807) is 45.2 Å². The van der Waals surface area contributed by atoms with Crippen molar-refractivity contribution in [1.82, 2.24) is 0 Å². The van der Waals surface area contributed by atoms with E-state index in [1.165, 1.54) is 0 Å². The smallest absolute Gasteiger partial charge is 0.198 e. The van der Waals surface area contributed by atoms with Gasteiger partial charge in [-0.1, -0.05) is 12.1 Å². The van der Waals surface area contributed by atoms with Crippen molar-refractivity contribution in [3.63, 3.8) is 0 Å². The van der Waals surface area contributed by atoms with E-state index in [9.17, 15) is 9.59 Å². The van der Waals surface area contributed by atoms with Gasteiger partial charge in [-0.15, -0.1) is 0 Å². The number of Topliss-reactive ketones (excluding diaryl/α,β-unsaturated/α-hetero) is 2. The minimum atomic E-state index is -0.163. The van der Waals surface area contributed by atoms with Crippen LogP contribution in [0.15, 0.2) is 57.4 Å². The highest BCUT2D eigenvalue weighted by Gasteiger charge is 2.23. The molecule has 0 atom stereocenters. The van der Waals surface area contributed by atoms with E-state index in [0.717, 1.165) is 11.3 Å². The first-order valence-electron chi connectivity index (χ1n) is 9.27. The number of carbonyl (C=O) groups excluding carboxylic acids is 2. The maximum atomic E-state index is 12.6. The van der Waals surface area contributed by atoms with E-state index in [2.05, 4.69) is 0 Å². The van der Waals surface area contributed by atoms with Crippen molar-refractivity contribution in [2.24, 2.45) is 5.92 Å². The normalized spacial score (nSPS) is 11.0. The fraction of sp³-hybridized carbons (Fsp3) is 0.304. The third-order valence-corrected chi connectivity index (χ3v) is 4.66. The first-order valence-corrected chi connectivity index (χ1v) is 9.27. The van der Waals surface area contributed by atoms with Gasteiger partial charge in [0.15, 0.2) is 23.1 Å². The lowest BCUT2D eigenvalue weighted by Gasteiger charge is -2.15. The molecule has 0 saturated carbocycles. The molecule has 0 spiro atoms. The first-order chi connectivity index (χ1) is 13.4. The van der Waals surface area contributed by atoms with Crippen molar-refractivity contribution in [2.45, 2.75) is 33.1 Å². The lowest BCUT2D eigenvalue weighted by atomic mass is 9.89. The summed E-state index contributed by atoms with van der Waals surface area (Å²) in [6.07, 6.45) is 1.05. The van der Waals surface area contributed by atoms with Crippen LogP contribution in [0.1, 0.15) is 51.0 Å². The van der Waals surface area contributed by atoms with Crippen molar-refractivity contribution >= 4 is 11.6 Å². The Labute approximate surface area is 164 Å². The number of aryl methyl sites for hydroxylation is 2. The van der Waals surface area contributed by atoms with Crippen LogP contribution >= 0.6 is 0 Å². The van der Waals surface area contributed by atoms with Crippen molar-refractivity contribution < 1.29 is 23.2 Å². The second-order valence-electron chi connectivity index (χ2n) is 6.99. The molecule has 1 aromatic carbocycles. The molecule has 2 aromatic heterocycles. The van der Waals surface area contributed by atoms with Crippen LogP contribution in [0.25, 0.3) is 0 Å². The molecule has 0 fully saturated rings. The van der Waals surface area contributed by atoms with Crippen LogP contribution in [0.2, 0.25) is 0 Å². The maximum Gasteiger partial charge on any atom is 0.198 e. The van der Waals surface area contributed by atoms with E-state index in [-0.39, 0.29) is 30.3 Å². The molecule has 28 heavy (non-hydrogen) atoms. The summed E-state index contributed by atoms with van der Waals surface area (Å²) >= 11 is 0. The van der Waals surface area contributed by atoms with Gasteiger partial charge in [-0.3, -0.25) is 9.59 Å². The standard InChI is InChI=1S/C23H24O5/c1-15-4-10-22(27-15)20(24)13-18(12-17-6-8-19(26-3)9-7-17)14-21(25)23-11-5-16(2)28-23/h4-11,18H,12-14H2,1-3H3. The molecule has 2 heterocycles. The zero-order valence-corrected chi connectivity index (χ0v) is 16.4. The number of furan rings is 2. The Hall–Kier alpha value is -3.08. The number of hydrogen-bond acceptors (Lipinski definition) is 5. The van der Waals surface area contributed by atoms with Gasteiger partial charge in [0.25, 0.3) is 0 Å². The Morgan fingerprint density at radius 2 is 1.32 bits per heavy atom. The molecular weight excluding hydrogens is 356 g/mol. The molecule has 0 unspecified atom stereocenters. The molecule has 0 amide bonds. The molecule has 0 radical (unpaired) electrons. The Morgan fingerprint density at radius 1 is 0.821 bits per heavy atom. The van der Waals surface area contributed by atoms with Crippen molar-refractivity contribution in [3.05, 3.63) is 77.1 Å². The summed E-state index contributed by atoms with van der Waals surface area (Å²) in [4.78, 5) is 25.3. The van der Waals surface area contributed by atoms with Gasteiger partial charge in [-0.2, -0.15) is 0 Å². The second-order valence-corrected chi connectivity index (χ2v) is 6.99. The van der Waals surface area contributed by atoms with E-state index >= 15 is 0 Å². The summed E-state index contributed by atoms with van der Waals surface area (Å²) in [6, 6.07) is 14.6. The molecule has 0 aliphatic carbocycles. The predicted octanol–water partition coefficient (Wildman–Crippen LogP) is 5.20. The van der Waals surface area contributed by atoms with Crippen LogP contribution in [-0.4, -0.2) is 18.7 Å². The predicted molar refractivity (Wildman–Crippen MR) is 105 cm³/mol. The van der Waals surface area contributed by atoms with Crippen molar-refractivity contribution in [1.29, 1.82) is 0 Å². The second kappa shape index (κ2) is 8.74. The molecule has 5 nitrogen and oxygen atoms in total. The van der Waals surface area contributed by atoms with Crippen LogP contribution in [0.3, 0.4) is 0 Å². The minimum absolute atomic E-state index is 0.102. The van der Waals surface area contributed by atoms with E-state index in [0.29, 0.717) is 29.5 Å². The lowest BCUT2D eigenvalue weighted by Crippen LogP contribution is -2.16. The number of ether oxygens (including phenoxy) is 1. The van der Waals surface area contributed by atoms with Crippen LogP contribution in [0, 0.1) is 19.8 Å². The summed E-state index contributed by atoms with van der Waals surface area (Å²) in [5, 5.41) is 0. The summed E-state index contributed by atoms with van der Waals surface area (Å²) in [5.74, 6) is 2.45. The van der Waals surface area contributed by atoms with Gasteiger partial charge in [0, 0.05) is 12.8 Å². The summed E-state index contributed by atoms with van der Waals surface area (Å²) < 4.78 is 16.1. The largest absolute Gasteiger partial charge is 0.497 e. The average molecular weight is 380 g/mol. The van der Waals surface area contributed by atoms with Gasteiger partial charge in [0.1, 0.15) is 17.3 Å². The van der Waals surface area contributed by atoms with Crippen LogP contribution < -0.4 is 4.74 Å². The number of carbonyl (C=O) groups is 2.